The normalized spacial score (nSPS) is 10.9. The second kappa shape index (κ2) is 5.69. The summed E-state index contributed by atoms with van der Waals surface area (Å²) in [4.78, 5) is 22.9. The minimum atomic E-state index is -0.593. The van der Waals surface area contributed by atoms with Gasteiger partial charge in [-0.05, 0) is 55.5 Å². The lowest BCUT2D eigenvalue weighted by atomic mass is 10.1. The van der Waals surface area contributed by atoms with Gasteiger partial charge in [0, 0.05) is 5.56 Å². The van der Waals surface area contributed by atoms with Gasteiger partial charge >= 0.3 is 5.97 Å². The van der Waals surface area contributed by atoms with Gasteiger partial charge in [-0.1, -0.05) is 0 Å². The lowest BCUT2D eigenvalue weighted by Gasteiger charge is -2.20. The lowest BCUT2D eigenvalue weighted by molar-refractivity contribution is 0.00664. The maximum atomic E-state index is 12.0. The minimum Gasteiger partial charge on any atom is -0.495 e. The van der Waals surface area contributed by atoms with Crippen molar-refractivity contribution in [1.82, 2.24) is 0 Å². The average Bonchev–Trinajstić information content (AvgIpc) is 2.25. The first-order chi connectivity index (χ1) is 8.28. The monoisotopic (exact) mass is 362 g/mol. The highest BCUT2D eigenvalue weighted by atomic mass is 127. The first kappa shape index (κ1) is 14.9. The molecule has 0 spiro atoms. The van der Waals surface area contributed by atoms with E-state index in [1.807, 2.05) is 22.6 Å². The molecule has 1 aromatic carbocycles. The van der Waals surface area contributed by atoms with Crippen LogP contribution in [0, 0.1) is 3.57 Å². The number of hydrogen-bond acceptors (Lipinski definition) is 4. The van der Waals surface area contributed by atoms with E-state index in [-0.39, 0.29) is 5.56 Å². The first-order valence-electron chi connectivity index (χ1n) is 5.34. The number of esters is 1. The molecule has 0 aliphatic heterocycles. The van der Waals surface area contributed by atoms with E-state index < -0.39 is 11.6 Å². The Morgan fingerprint density at radius 1 is 1.33 bits per heavy atom. The van der Waals surface area contributed by atoms with Crippen molar-refractivity contribution in [3.05, 3.63) is 26.8 Å². The summed E-state index contributed by atoms with van der Waals surface area (Å²) in [6, 6.07) is 3.13. The van der Waals surface area contributed by atoms with Crippen LogP contribution in [-0.4, -0.2) is 25.0 Å². The Morgan fingerprint density at radius 2 is 1.94 bits per heavy atom. The average molecular weight is 362 g/mol. The van der Waals surface area contributed by atoms with E-state index >= 15 is 0 Å². The van der Waals surface area contributed by atoms with Crippen LogP contribution in [0.3, 0.4) is 0 Å². The predicted molar refractivity (Wildman–Crippen MR) is 76.3 cm³/mol. The maximum Gasteiger partial charge on any atom is 0.342 e. The Bertz CT molecular complexity index is 475. The van der Waals surface area contributed by atoms with E-state index in [9.17, 15) is 9.59 Å². The summed E-state index contributed by atoms with van der Waals surface area (Å²) < 4.78 is 11.2. The highest BCUT2D eigenvalue weighted by Gasteiger charge is 2.23. The summed E-state index contributed by atoms with van der Waals surface area (Å²) in [6.45, 7) is 5.35. The number of halogens is 1. The molecule has 0 radical (unpaired) electrons. The topological polar surface area (TPSA) is 52.6 Å². The fourth-order valence-corrected chi connectivity index (χ4v) is 2.24. The summed E-state index contributed by atoms with van der Waals surface area (Å²) in [6.07, 6.45) is 0.690. The molecule has 0 fully saturated rings. The molecular formula is C13H15IO4. The highest BCUT2D eigenvalue weighted by molar-refractivity contribution is 14.1. The summed E-state index contributed by atoms with van der Waals surface area (Å²) in [5.74, 6) is -0.0728. The number of carbonyl (C=O) groups is 2. The van der Waals surface area contributed by atoms with Gasteiger partial charge in [-0.3, -0.25) is 4.79 Å². The van der Waals surface area contributed by atoms with Crippen molar-refractivity contribution in [3.8, 4) is 5.75 Å². The van der Waals surface area contributed by atoms with Crippen molar-refractivity contribution in [1.29, 1.82) is 0 Å². The summed E-state index contributed by atoms with van der Waals surface area (Å²) in [5.41, 5.74) is 0.0903. The van der Waals surface area contributed by atoms with Gasteiger partial charge in [0.05, 0.1) is 10.7 Å². The number of aldehydes is 1. The van der Waals surface area contributed by atoms with E-state index in [1.54, 1.807) is 26.8 Å². The van der Waals surface area contributed by atoms with Crippen molar-refractivity contribution in [2.24, 2.45) is 0 Å². The third kappa shape index (κ3) is 3.69. The summed E-state index contributed by atoms with van der Waals surface area (Å²) in [7, 11) is 1.48. The van der Waals surface area contributed by atoms with E-state index in [0.717, 1.165) is 0 Å². The molecule has 0 heterocycles. The molecule has 0 aromatic heterocycles. The second-order valence-electron chi connectivity index (χ2n) is 4.70. The van der Waals surface area contributed by atoms with Gasteiger partial charge in [0.2, 0.25) is 0 Å². The Morgan fingerprint density at radius 3 is 2.39 bits per heavy atom. The van der Waals surface area contributed by atoms with Crippen LogP contribution >= 0.6 is 22.6 Å². The third-order valence-corrected chi connectivity index (χ3v) is 2.83. The van der Waals surface area contributed by atoms with Gasteiger partial charge in [-0.15, -0.1) is 0 Å². The Hall–Kier alpha value is -1.11. The zero-order valence-corrected chi connectivity index (χ0v) is 12.9. The number of methoxy groups -OCH3 is 1. The number of rotatable bonds is 3. The fourth-order valence-electron chi connectivity index (χ4n) is 1.37. The van der Waals surface area contributed by atoms with Crippen LogP contribution < -0.4 is 4.74 Å². The van der Waals surface area contributed by atoms with Crippen molar-refractivity contribution in [2.75, 3.05) is 7.11 Å². The van der Waals surface area contributed by atoms with Crippen LogP contribution in [0.15, 0.2) is 12.1 Å². The molecule has 0 aliphatic carbocycles. The zero-order valence-electron chi connectivity index (χ0n) is 10.7. The smallest absolute Gasteiger partial charge is 0.342 e. The molecule has 0 bridgehead atoms. The van der Waals surface area contributed by atoms with E-state index in [0.29, 0.717) is 21.2 Å². The Kier molecular flexibility index (Phi) is 4.72. The Balaban J connectivity index is 3.25. The van der Waals surface area contributed by atoms with Gasteiger partial charge in [0.15, 0.2) is 0 Å². The highest BCUT2D eigenvalue weighted by Crippen LogP contribution is 2.28. The van der Waals surface area contributed by atoms with Crippen LogP contribution in [0.1, 0.15) is 41.5 Å². The SMILES string of the molecule is COc1c(I)cc(C=O)cc1C(=O)OC(C)(C)C. The molecule has 98 valence electrons. The molecule has 0 saturated heterocycles. The largest absolute Gasteiger partial charge is 0.495 e. The van der Waals surface area contributed by atoms with E-state index in [1.165, 1.54) is 13.2 Å². The van der Waals surface area contributed by atoms with Crippen molar-refractivity contribution >= 4 is 34.8 Å². The second-order valence-corrected chi connectivity index (χ2v) is 5.87. The molecule has 0 amide bonds. The summed E-state index contributed by atoms with van der Waals surface area (Å²) >= 11 is 2.01. The molecule has 0 N–H and O–H groups in total. The molecule has 0 saturated carbocycles. The molecule has 4 nitrogen and oxygen atoms in total. The van der Waals surface area contributed by atoms with Gasteiger partial charge < -0.3 is 9.47 Å². The maximum absolute atomic E-state index is 12.0. The molecule has 0 atom stereocenters. The van der Waals surface area contributed by atoms with Crippen molar-refractivity contribution in [2.45, 2.75) is 26.4 Å². The van der Waals surface area contributed by atoms with Crippen molar-refractivity contribution < 1.29 is 19.1 Å². The number of carbonyl (C=O) groups excluding carboxylic acids is 2. The first-order valence-corrected chi connectivity index (χ1v) is 6.42. The minimum absolute atomic E-state index is 0.265. The quantitative estimate of drug-likeness (QED) is 0.471. The van der Waals surface area contributed by atoms with E-state index in [2.05, 4.69) is 0 Å². The van der Waals surface area contributed by atoms with Crippen molar-refractivity contribution in [3.63, 3.8) is 0 Å². The fraction of sp³-hybridized carbons (Fsp3) is 0.385. The zero-order chi connectivity index (χ0) is 13.9. The van der Waals surface area contributed by atoms with Gasteiger partial charge in [0.25, 0.3) is 0 Å². The molecule has 1 rings (SSSR count). The predicted octanol–water partition coefficient (Wildman–Crippen LogP) is 3.07. The Labute approximate surface area is 120 Å². The van der Waals surface area contributed by atoms with E-state index in [4.69, 9.17) is 9.47 Å². The number of hydrogen-bond donors (Lipinski definition) is 0. The molecule has 0 unspecified atom stereocenters. The lowest BCUT2D eigenvalue weighted by Crippen LogP contribution is -2.24. The van der Waals surface area contributed by atoms with Crippen LogP contribution in [-0.2, 0) is 4.74 Å². The number of ether oxygens (including phenoxy) is 2. The van der Waals surface area contributed by atoms with Gasteiger partial charge in [-0.2, -0.15) is 0 Å². The van der Waals surface area contributed by atoms with Crippen LogP contribution in [0.25, 0.3) is 0 Å². The summed E-state index contributed by atoms with van der Waals surface area (Å²) in [5, 5.41) is 0. The molecule has 5 heteroatoms. The van der Waals surface area contributed by atoms with Crippen LogP contribution in [0.4, 0.5) is 0 Å². The van der Waals surface area contributed by atoms with Gasteiger partial charge in [0.1, 0.15) is 23.2 Å². The molecular weight excluding hydrogens is 347 g/mol. The molecule has 1 aromatic rings. The third-order valence-electron chi connectivity index (χ3n) is 2.02. The standard InChI is InChI=1S/C13H15IO4/c1-13(2,3)18-12(16)9-5-8(7-15)6-10(14)11(9)17-4/h5-7H,1-4H3. The molecule has 0 aliphatic rings. The van der Waals surface area contributed by atoms with Crippen LogP contribution in [0.5, 0.6) is 5.75 Å². The number of benzene rings is 1. The molecule has 18 heavy (non-hydrogen) atoms. The van der Waals surface area contributed by atoms with Crippen LogP contribution in [0.2, 0.25) is 0 Å². The van der Waals surface area contributed by atoms with Gasteiger partial charge in [-0.25, -0.2) is 4.79 Å².